The molecule has 6 heteroatoms. The summed E-state index contributed by atoms with van der Waals surface area (Å²) >= 11 is 0. The van der Waals surface area contributed by atoms with Crippen LogP contribution in [0.4, 0.5) is 5.82 Å². The van der Waals surface area contributed by atoms with Crippen molar-refractivity contribution in [2.45, 2.75) is 32.7 Å². The summed E-state index contributed by atoms with van der Waals surface area (Å²) in [7, 11) is 1.52. The number of carbonyl (C=O) groups is 2. The number of hydrogen-bond acceptors (Lipinski definition) is 4. The minimum absolute atomic E-state index is 0.173. The van der Waals surface area contributed by atoms with Crippen molar-refractivity contribution in [3.63, 3.8) is 0 Å². The number of rotatable bonds is 4. The van der Waals surface area contributed by atoms with Crippen LogP contribution >= 0.6 is 0 Å². The van der Waals surface area contributed by atoms with Crippen molar-refractivity contribution in [3.05, 3.63) is 23.4 Å². The number of aromatic nitrogens is 1. The first-order valence-corrected chi connectivity index (χ1v) is 6.15. The normalized spacial score (nSPS) is 12.1. The minimum Gasteiger partial charge on any atom is -0.384 e. The number of amides is 2. The molecule has 104 valence electrons. The van der Waals surface area contributed by atoms with Crippen LogP contribution in [0.2, 0.25) is 0 Å². The van der Waals surface area contributed by atoms with Gasteiger partial charge in [0.1, 0.15) is 11.9 Å². The molecule has 19 heavy (non-hydrogen) atoms. The second-order valence-corrected chi connectivity index (χ2v) is 4.67. The average Bonchev–Trinajstić information content (AvgIpc) is 2.36. The summed E-state index contributed by atoms with van der Waals surface area (Å²) in [5.74, 6) is -0.123. The fraction of sp³-hybridized carbons (Fsp3) is 0.462. The molecule has 2 amide bonds. The number of hydrogen-bond donors (Lipinski definition) is 3. The second-order valence-electron chi connectivity index (χ2n) is 4.67. The van der Waals surface area contributed by atoms with Gasteiger partial charge in [-0.05, 0) is 25.0 Å². The summed E-state index contributed by atoms with van der Waals surface area (Å²) in [6, 6.07) is 2.58. The highest BCUT2D eigenvalue weighted by Gasteiger charge is 2.16. The quantitative estimate of drug-likeness (QED) is 0.744. The zero-order chi connectivity index (χ0) is 14.6. The summed E-state index contributed by atoms with van der Waals surface area (Å²) in [4.78, 5) is 27.6. The smallest absolute Gasteiger partial charge is 0.252 e. The van der Waals surface area contributed by atoms with Crippen molar-refractivity contribution in [3.8, 4) is 0 Å². The molecule has 6 nitrogen and oxygen atoms in total. The van der Waals surface area contributed by atoms with Crippen LogP contribution in [0.5, 0.6) is 0 Å². The van der Waals surface area contributed by atoms with Crippen LogP contribution < -0.4 is 16.4 Å². The highest BCUT2D eigenvalue weighted by Crippen LogP contribution is 2.16. The number of nitrogen functional groups attached to an aromatic ring is 1. The molecular weight excluding hydrogens is 244 g/mol. The van der Waals surface area contributed by atoms with Gasteiger partial charge in [0, 0.05) is 18.3 Å². The first-order valence-electron chi connectivity index (χ1n) is 6.15. The molecule has 0 bridgehead atoms. The van der Waals surface area contributed by atoms with E-state index in [4.69, 9.17) is 5.73 Å². The fourth-order valence-electron chi connectivity index (χ4n) is 1.56. The molecule has 1 unspecified atom stereocenters. The maximum absolute atomic E-state index is 12.0. The minimum atomic E-state index is -0.602. The summed E-state index contributed by atoms with van der Waals surface area (Å²) < 4.78 is 0. The van der Waals surface area contributed by atoms with E-state index < -0.39 is 6.04 Å². The summed E-state index contributed by atoms with van der Waals surface area (Å²) in [6.07, 6.45) is 0. The van der Waals surface area contributed by atoms with E-state index in [0.717, 1.165) is 5.69 Å². The summed E-state index contributed by atoms with van der Waals surface area (Å²) in [5, 5.41) is 5.08. The number of likely N-dealkylation sites (N-methyl/N-ethyl adjacent to an activating group) is 1. The van der Waals surface area contributed by atoms with Crippen molar-refractivity contribution in [2.75, 3.05) is 12.8 Å². The molecule has 4 N–H and O–H groups in total. The standard InChI is InChI=1S/C13H20N4O2/c1-7(2)10-5-9(6-11(14)17-10)13(19)16-8(3)12(18)15-4/h5-8H,1-4H3,(H2,14,17)(H,15,18)(H,16,19). The first-order chi connectivity index (χ1) is 8.85. The van der Waals surface area contributed by atoms with Crippen LogP contribution in [0.1, 0.15) is 42.7 Å². The van der Waals surface area contributed by atoms with Crippen molar-refractivity contribution in [1.29, 1.82) is 0 Å². The third kappa shape index (κ3) is 3.94. The molecule has 0 spiro atoms. The van der Waals surface area contributed by atoms with Crippen molar-refractivity contribution >= 4 is 17.6 Å². The molecule has 0 aliphatic heterocycles. The Morgan fingerprint density at radius 1 is 1.26 bits per heavy atom. The molecular formula is C13H20N4O2. The Balaban J connectivity index is 2.91. The van der Waals surface area contributed by atoms with Crippen LogP contribution in [0.3, 0.4) is 0 Å². The van der Waals surface area contributed by atoms with Crippen LogP contribution in [-0.4, -0.2) is 29.9 Å². The van der Waals surface area contributed by atoms with E-state index in [2.05, 4.69) is 15.6 Å². The van der Waals surface area contributed by atoms with E-state index in [1.165, 1.54) is 13.1 Å². The second kappa shape index (κ2) is 6.17. The molecule has 0 saturated carbocycles. The van der Waals surface area contributed by atoms with E-state index in [0.29, 0.717) is 11.4 Å². The maximum Gasteiger partial charge on any atom is 0.252 e. The number of nitrogens with two attached hydrogens (primary N) is 1. The molecule has 0 aliphatic rings. The summed E-state index contributed by atoms with van der Waals surface area (Å²) in [5.41, 5.74) is 6.84. The molecule has 0 aromatic carbocycles. The van der Waals surface area contributed by atoms with Gasteiger partial charge in [-0.15, -0.1) is 0 Å². The Kier molecular flexibility index (Phi) is 4.86. The fourth-order valence-corrected chi connectivity index (χ4v) is 1.56. The Morgan fingerprint density at radius 3 is 2.42 bits per heavy atom. The molecule has 0 saturated heterocycles. The van der Waals surface area contributed by atoms with Gasteiger partial charge in [-0.1, -0.05) is 13.8 Å². The Bertz CT molecular complexity index is 486. The largest absolute Gasteiger partial charge is 0.384 e. The van der Waals surface area contributed by atoms with Gasteiger partial charge < -0.3 is 16.4 Å². The van der Waals surface area contributed by atoms with Crippen molar-refractivity contribution < 1.29 is 9.59 Å². The average molecular weight is 264 g/mol. The molecule has 1 aromatic heterocycles. The molecule has 0 radical (unpaired) electrons. The van der Waals surface area contributed by atoms with Gasteiger partial charge in [-0.25, -0.2) is 4.98 Å². The number of nitrogens with one attached hydrogen (secondary N) is 2. The molecule has 0 aliphatic carbocycles. The Morgan fingerprint density at radius 2 is 1.89 bits per heavy atom. The lowest BCUT2D eigenvalue weighted by atomic mass is 10.1. The van der Waals surface area contributed by atoms with E-state index in [-0.39, 0.29) is 17.7 Å². The molecule has 1 heterocycles. The third-order valence-corrected chi connectivity index (χ3v) is 2.71. The van der Waals surface area contributed by atoms with Gasteiger partial charge in [0.25, 0.3) is 5.91 Å². The van der Waals surface area contributed by atoms with Gasteiger partial charge in [0.2, 0.25) is 5.91 Å². The van der Waals surface area contributed by atoms with Crippen LogP contribution in [0.15, 0.2) is 12.1 Å². The first kappa shape index (κ1) is 14.9. The topological polar surface area (TPSA) is 97.1 Å². The third-order valence-electron chi connectivity index (χ3n) is 2.71. The van der Waals surface area contributed by atoms with Gasteiger partial charge in [-0.3, -0.25) is 9.59 Å². The zero-order valence-corrected chi connectivity index (χ0v) is 11.7. The highest BCUT2D eigenvalue weighted by molar-refractivity contribution is 5.97. The molecule has 0 fully saturated rings. The van der Waals surface area contributed by atoms with Gasteiger partial charge in [0.15, 0.2) is 0 Å². The number of pyridine rings is 1. The van der Waals surface area contributed by atoms with Crippen LogP contribution in [0, 0.1) is 0 Å². The maximum atomic E-state index is 12.0. The monoisotopic (exact) mass is 264 g/mol. The van der Waals surface area contributed by atoms with Crippen molar-refractivity contribution in [2.24, 2.45) is 0 Å². The number of anilines is 1. The van der Waals surface area contributed by atoms with E-state index in [9.17, 15) is 9.59 Å². The van der Waals surface area contributed by atoms with Crippen molar-refractivity contribution in [1.82, 2.24) is 15.6 Å². The zero-order valence-electron chi connectivity index (χ0n) is 11.7. The molecule has 1 aromatic rings. The summed E-state index contributed by atoms with van der Waals surface area (Å²) in [6.45, 7) is 5.55. The lowest BCUT2D eigenvalue weighted by molar-refractivity contribution is -0.122. The predicted octanol–water partition coefficient (Wildman–Crippen LogP) is 0.651. The molecule has 1 rings (SSSR count). The number of carbonyl (C=O) groups excluding carboxylic acids is 2. The van der Waals surface area contributed by atoms with E-state index >= 15 is 0 Å². The van der Waals surface area contributed by atoms with Gasteiger partial charge >= 0.3 is 0 Å². The highest BCUT2D eigenvalue weighted by atomic mass is 16.2. The Labute approximate surface area is 112 Å². The number of nitrogens with zero attached hydrogens (tertiary/aromatic N) is 1. The van der Waals surface area contributed by atoms with E-state index in [1.54, 1.807) is 13.0 Å². The predicted molar refractivity (Wildman–Crippen MR) is 73.7 cm³/mol. The van der Waals surface area contributed by atoms with Crippen LogP contribution in [-0.2, 0) is 4.79 Å². The van der Waals surface area contributed by atoms with Crippen LogP contribution in [0.25, 0.3) is 0 Å². The SMILES string of the molecule is CNC(=O)C(C)NC(=O)c1cc(N)nc(C(C)C)c1. The molecule has 1 atom stereocenters. The van der Waals surface area contributed by atoms with E-state index in [1.807, 2.05) is 13.8 Å². The Hall–Kier alpha value is -2.11. The van der Waals surface area contributed by atoms with Gasteiger partial charge in [-0.2, -0.15) is 0 Å². The van der Waals surface area contributed by atoms with Gasteiger partial charge in [0.05, 0.1) is 0 Å². The lowest BCUT2D eigenvalue weighted by Crippen LogP contribution is -2.43. The lowest BCUT2D eigenvalue weighted by Gasteiger charge is -2.13.